The second-order valence-corrected chi connectivity index (χ2v) is 4.98. The molecule has 1 fully saturated rings. The molecule has 1 aliphatic heterocycles. The van der Waals surface area contributed by atoms with Crippen molar-refractivity contribution in [3.05, 3.63) is 29.3 Å². The molecule has 6 heteroatoms. The summed E-state index contributed by atoms with van der Waals surface area (Å²) in [6.45, 7) is 0.822. The molecule has 2 N–H and O–H groups in total. The maximum Gasteiger partial charge on any atom is 0.407 e. The van der Waals surface area contributed by atoms with Gasteiger partial charge in [0.15, 0.2) is 0 Å². The smallest absolute Gasteiger partial charge is 0.407 e. The maximum atomic E-state index is 12.0. The van der Waals surface area contributed by atoms with Crippen molar-refractivity contribution in [1.82, 2.24) is 4.90 Å². The fourth-order valence-corrected chi connectivity index (χ4v) is 2.24. The number of carbonyl (C=O) groups is 2. The second kappa shape index (κ2) is 5.93. The molecular weight excluding hydrogens is 268 g/mol. The highest BCUT2D eigenvalue weighted by molar-refractivity contribution is 6.30. The fraction of sp³-hybridized carbons (Fsp3) is 0.385. The van der Waals surface area contributed by atoms with Crippen molar-refractivity contribution >= 4 is 29.3 Å². The van der Waals surface area contributed by atoms with Crippen LogP contribution in [0.5, 0.6) is 0 Å². The highest BCUT2D eigenvalue weighted by atomic mass is 35.5. The van der Waals surface area contributed by atoms with E-state index in [1.165, 1.54) is 4.90 Å². The number of hydrogen-bond acceptors (Lipinski definition) is 2. The van der Waals surface area contributed by atoms with Crippen LogP contribution in [0.15, 0.2) is 24.3 Å². The minimum atomic E-state index is -0.920. The van der Waals surface area contributed by atoms with E-state index < -0.39 is 6.09 Å². The van der Waals surface area contributed by atoms with E-state index in [1.54, 1.807) is 24.3 Å². The molecule has 0 saturated carbocycles. The number of likely N-dealkylation sites (tertiary alicyclic amines) is 1. The number of carboxylic acid groups (broad SMARTS) is 1. The van der Waals surface area contributed by atoms with Crippen LogP contribution in [0.1, 0.15) is 12.8 Å². The molecule has 0 bridgehead atoms. The van der Waals surface area contributed by atoms with E-state index in [0.29, 0.717) is 36.6 Å². The number of nitrogens with zero attached hydrogens (tertiary/aromatic N) is 1. The Kier molecular flexibility index (Phi) is 4.27. The Morgan fingerprint density at radius 2 is 1.79 bits per heavy atom. The van der Waals surface area contributed by atoms with Gasteiger partial charge >= 0.3 is 6.09 Å². The molecule has 0 radical (unpaired) electrons. The monoisotopic (exact) mass is 282 g/mol. The Labute approximate surface area is 116 Å². The number of piperidine rings is 1. The molecule has 1 aromatic rings. The summed E-state index contributed by atoms with van der Waals surface area (Å²) >= 11 is 5.77. The molecule has 0 aromatic heterocycles. The predicted molar refractivity (Wildman–Crippen MR) is 72.4 cm³/mol. The largest absolute Gasteiger partial charge is 0.465 e. The van der Waals surface area contributed by atoms with Gasteiger partial charge in [-0.1, -0.05) is 11.6 Å². The van der Waals surface area contributed by atoms with E-state index in [1.807, 2.05) is 0 Å². The van der Waals surface area contributed by atoms with E-state index in [2.05, 4.69) is 5.32 Å². The second-order valence-electron chi connectivity index (χ2n) is 4.54. The van der Waals surface area contributed by atoms with Crippen LogP contribution in [-0.2, 0) is 4.79 Å². The van der Waals surface area contributed by atoms with Crippen molar-refractivity contribution < 1.29 is 14.7 Å². The molecule has 1 heterocycles. The number of rotatable bonds is 2. The van der Waals surface area contributed by atoms with Gasteiger partial charge < -0.3 is 15.3 Å². The van der Waals surface area contributed by atoms with Crippen molar-refractivity contribution in [1.29, 1.82) is 0 Å². The molecule has 0 aliphatic carbocycles. The summed E-state index contributed by atoms with van der Waals surface area (Å²) in [5.74, 6) is -0.196. The number of carbonyl (C=O) groups excluding carboxylic acids is 1. The van der Waals surface area contributed by atoms with Crippen molar-refractivity contribution in [3.63, 3.8) is 0 Å². The molecule has 1 saturated heterocycles. The summed E-state index contributed by atoms with van der Waals surface area (Å²) in [6, 6.07) is 6.91. The predicted octanol–water partition coefficient (Wildman–Crippen LogP) is 2.67. The van der Waals surface area contributed by atoms with Crippen molar-refractivity contribution in [2.75, 3.05) is 18.4 Å². The zero-order chi connectivity index (χ0) is 13.8. The van der Waals surface area contributed by atoms with E-state index in [4.69, 9.17) is 16.7 Å². The molecule has 1 aromatic carbocycles. The third-order valence-corrected chi connectivity index (χ3v) is 3.50. The number of hydrogen-bond donors (Lipinski definition) is 2. The minimum absolute atomic E-state index is 0.0626. The summed E-state index contributed by atoms with van der Waals surface area (Å²) in [7, 11) is 0. The lowest BCUT2D eigenvalue weighted by atomic mass is 9.96. The third kappa shape index (κ3) is 3.61. The van der Waals surface area contributed by atoms with Crippen molar-refractivity contribution in [2.45, 2.75) is 12.8 Å². The number of halogens is 1. The zero-order valence-electron chi connectivity index (χ0n) is 10.3. The Balaban J connectivity index is 1.88. The van der Waals surface area contributed by atoms with Crippen LogP contribution in [0.3, 0.4) is 0 Å². The first-order chi connectivity index (χ1) is 9.06. The molecule has 102 valence electrons. The lowest BCUT2D eigenvalue weighted by Gasteiger charge is -2.29. The Hall–Kier alpha value is -1.75. The number of amides is 2. The Bertz CT molecular complexity index is 467. The summed E-state index contributed by atoms with van der Waals surface area (Å²) in [4.78, 5) is 24.1. The molecule has 19 heavy (non-hydrogen) atoms. The van der Waals surface area contributed by atoms with Gasteiger partial charge in [-0.15, -0.1) is 0 Å². The molecule has 2 rings (SSSR count). The normalized spacial score (nSPS) is 16.2. The average Bonchev–Trinajstić information content (AvgIpc) is 2.41. The highest BCUT2D eigenvalue weighted by Crippen LogP contribution is 2.20. The van der Waals surface area contributed by atoms with Crippen LogP contribution < -0.4 is 5.32 Å². The standard InChI is InChI=1S/C13H15ClN2O3/c14-10-1-3-11(4-2-10)15-12(17)9-5-7-16(8-6-9)13(18)19/h1-4,9H,5-8H2,(H,15,17)(H,18,19). The van der Waals surface area contributed by atoms with Crippen LogP contribution in [0.25, 0.3) is 0 Å². The number of benzene rings is 1. The molecule has 1 aliphatic rings. The van der Waals surface area contributed by atoms with E-state index in [-0.39, 0.29) is 11.8 Å². The lowest BCUT2D eigenvalue weighted by molar-refractivity contribution is -0.121. The Morgan fingerprint density at radius 1 is 1.21 bits per heavy atom. The van der Waals surface area contributed by atoms with Crippen LogP contribution in [0.2, 0.25) is 5.02 Å². The lowest BCUT2D eigenvalue weighted by Crippen LogP contribution is -2.40. The molecule has 2 amide bonds. The maximum absolute atomic E-state index is 12.0. The first kappa shape index (κ1) is 13.7. The van der Waals surface area contributed by atoms with Gasteiger partial charge in [-0.25, -0.2) is 4.79 Å². The number of nitrogens with one attached hydrogen (secondary N) is 1. The van der Waals surface area contributed by atoms with Gasteiger partial charge in [-0.2, -0.15) is 0 Å². The molecule has 0 unspecified atom stereocenters. The molecule has 0 atom stereocenters. The van der Waals surface area contributed by atoms with Gasteiger partial charge in [-0.05, 0) is 37.1 Å². The SMILES string of the molecule is O=C(Nc1ccc(Cl)cc1)C1CCN(C(=O)O)CC1. The zero-order valence-corrected chi connectivity index (χ0v) is 11.1. The summed E-state index contributed by atoms with van der Waals surface area (Å²) in [5.41, 5.74) is 0.704. The first-order valence-electron chi connectivity index (χ1n) is 6.10. The molecule has 5 nitrogen and oxygen atoms in total. The van der Waals surface area contributed by atoms with Gasteiger partial charge in [0.2, 0.25) is 5.91 Å². The fourth-order valence-electron chi connectivity index (χ4n) is 2.11. The van der Waals surface area contributed by atoms with Gasteiger partial charge in [0.25, 0.3) is 0 Å². The van der Waals surface area contributed by atoms with Crippen LogP contribution in [0.4, 0.5) is 10.5 Å². The molecular formula is C13H15ClN2O3. The van der Waals surface area contributed by atoms with Crippen LogP contribution >= 0.6 is 11.6 Å². The topological polar surface area (TPSA) is 69.6 Å². The summed E-state index contributed by atoms with van der Waals surface area (Å²) in [6.07, 6.45) is 0.203. The first-order valence-corrected chi connectivity index (χ1v) is 6.48. The summed E-state index contributed by atoms with van der Waals surface area (Å²) in [5, 5.41) is 12.3. The Morgan fingerprint density at radius 3 is 2.32 bits per heavy atom. The molecule has 0 spiro atoms. The van der Waals surface area contributed by atoms with Crippen molar-refractivity contribution in [3.8, 4) is 0 Å². The van der Waals surface area contributed by atoms with Gasteiger partial charge in [-0.3, -0.25) is 4.79 Å². The quantitative estimate of drug-likeness (QED) is 0.876. The van der Waals surface area contributed by atoms with E-state index >= 15 is 0 Å². The van der Waals surface area contributed by atoms with Crippen LogP contribution in [0, 0.1) is 5.92 Å². The summed E-state index contributed by atoms with van der Waals surface area (Å²) < 4.78 is 0. The van der Waals surface area contributed by atoms with Crippen molar-refractivity contribution in [2.24, 2.45) is 5.92 Å². The van der Waals surface area contributed by atoms with E-state index in [0.717, 1.165) is 0 Å². The highest BCUT2D eigenvalue weighted by Gasteiger charge is 2.26. The number of anilines is 1. The van der Waals surface area contributed by atoms with Gasteiger partial charge in [0.1, 0.15) is 0 Å². The van der Waals surface area contributed by atoms with Gasteiger partial charge in [0.05, 0.1) is 0 Å². The van der Waals surface area contributed by atoms with E-state index in [9.17, 15) is 9.59 Å². The average molecular weight is 283 g/mol. The third-order valence-electron chi connectivity index (χ3n) is 3.25. The van der Waals surface area contributed by atoms with Crippen LogP contribution in [-0.4, -0.2) is 35.1 Å². The minimum Gasteiger partial charge on any atom is -0.465 e. The van der Waals surface area contributed by atoms with Gasteiger partial charge in [0, 0.05) is 29.7 Å².